The normalized spacial score (nSPS) is 11.9. The second kappa shape index (κ2) is 7.59. The van der Waals surface area contributed by atoms with Gasteiger partial charge in [0.1, 0.15) is 11.3 Å². The Morgan fingerprint density at radius 3 is 2.67 bits per heavy atom. The van der Waals surface area contributed by atoms with E-state index in [-0.39, 0.29) is 40.2 Å². The number of nitro groups is 1. The minimum absolute atomic E-state index is 0.103. The van der Waals surface area contributed by atoms with Crippen molar-refractivity contribution < 1.29 is 14.8 Å². The zero-order valence-corrected chi connectivity index (χ0v) is 15.1. The monoisotopic (exact) mass is 385 g/mol. The van der Waals surface area contributed by atoms with Crippen molar-refractivity contribution in [2.45, 2.75) is 19.4 Å². The summed E-state index contributed by atoms with van der Waals surface area (Å²) in [6.07, 6.45) is 1.66. The number of aromatic hydroxyl groups is 1. The maximum absolute atomic E-state index is 12.1. The number of benzene rings is 2. The molecule has 3 rings (SSSR count). The highest BCUT2D eigenvalue weighted by Gasteiger charge is 2.26. The van der Waals surface area contributed by atoms with Crippen LogP contribution in [0.4, 0.5) is 5.69 Å². The SMILES string of the molecule is CCC(=O)N[C@H](c1ccc(Cl)cc1)c1cc([N+](=O)[O-])c2cccnc2c1O. The summed E-state index contributed by atoms with van der Waals surface area (Å²) < 4.78 is 0. The lowest BCUT2D eigenvalue weighted by molar-refractivity contribution is -0.383. The number of hydrogen-bond donors (Lipinski definition) is 2. The van der Waals surface area contributed by atoms with Gasteiger partial charge in [-0.1, -0.05) is 30.7 Å². The number of carbonyl (C=O) groups excluding carboxylic acids is 1. The van der Waals surface area contributed by atoms with Gasteiger partial charge in [-0.3, -0.25) is 19.9 Å². The second-order valence-electron chi connectivity index (χ2n) is 5.90. The molecule has 8 heteroatoms. The molecule has 27 heavy (non-hydrogen) atoms. The third kappa shape index (κ3) is 3.68. The summed E-state index contributed by atoms with van der Waals surface area (Å²) in [5.41, 5.74) is 0.722. The number of fused-ring (bicyclic) bond motifs is 1. The first-order valence-electron chi connectivity index (χ1n) is 8.22. The van der Waals surface area contributed by atoms with E-state index >= 15 is 0 Å². The van der Waals surface area contributed by atoms with Gasteiger partial charge in [-0.25, -0.2) is 0 Å². The summed E-state index contributed by atoms with van der Waals surface area (Å²) in [7, 11) is 0. The fraction of sp³-hybridized carbons (Fsp3) is 0.158. The third-order valence-electron chi connectivity index (χ3n) is 4.21. The van der Waals surface area contributed by atoms with Crippen LogP contribution in [-0.4, -0.2) is 20.9 Å². The van der Waals surface area contributed by atoms with Crippen molar-refractivity contribution in [2.24, 2.45) is 0 Å². The Morgan fingerprint density at radius 1 is 1.33 bits per heavy atom. The van der Waals surface area contributed by atoms with Crippen LogP contribution in [0, 0.1) is 10.1 Å². The first-order chi connectivity index (χ1) is 12.9. The molecule has 138 valence electrons. The number of carbonyl (C=O) groups is 1. The van der Waals surface area contributed by atoms with Crippen molar-refractivity contribution in [1.29, 1.82) is 0 Å². The second-order valence-corrected chi connectivity index (χ2v) is 6.33. The molecule has 0 bridgehead atoms. The smallest absolute Gasteiger partial charge is 0.279 e. The van der Waals surface area contributed by atoms with Gasteiger partial charge in [-0.05, 0) is 29.8 Å². The van der Waals surface area contributed by atoms with Gasteiger partial charge >= 0.3 is 0 Å². The van der Waals surface area contributed by atoms with Gasteiger partial charge in [-0.15, -0.1) is 0 Å². The van der Waals surface area contributed by atoms with Crippen LogP contribution in [-0.2, 0) is 4.79 Å². The quantitative estimate of drug-likeness (QED) is 0.507. The lowest BCUT2D eigenvalue weighted by Crippen LogP contribution is -2.28. The van der Waals surface area contributed by atoms with E-state index in [4.69, 9.17) is 11.6 Å². The molecular weight excluding hydrogens is 370 g/mol. The minimum Gasteiger partial charge on any atom is -0.505 e. The first-order valence-corrected chi connectivity index (χ1v) is 8.60. The highest BCUT2D eigenvalue weighted by Crippen LogP contribution is 2.39. The number of amides is 1. The Morgan fingerprint density at radius 2 is 2.04 bits per heavy atom. The number of aromatic nitrogens is 1. The van der Waals surface area contributed by atoms with Crippen molar-refractivity contribution in [3.8, 4) is 5.75 Å². The molecule has 3 aromatic rings. The molecule has 1 heterocycles. The molecule has 7 nitrogen and oxygen atoms in total. The molecule has 2 N–H and O–H groups in total. The number of hydrogen-bond acceptors (Lipinski definition) is 5. The highest BCUT2D eigenvalue weighted by molar-refractivity contribution is 6.30. The van der Waals surface area contributed by atoms with Gasteiger partial charge in [0.05, 0.1) is 16.4 Å². The lowest BCUT2D eigenvalue weighted by atomic mass is 9.95. The Bertz CT molecular complexity index is 1020. The molecule has 0 aliphatic carbocycles. The van der Waals surface area contributed by atoms with Crippen LogP contribution >= 0.6 is 11.6 Å². The molecule has 2 aromatic carbocycles. The van der Waals surface area contributed by atoms with E-state index in [0.29, 0.717) is 10.6 Å². The Kier molecular flexibility index (Phi) is 5.23. The number of nitro benzene ring substituents is 1. The Labute approximate surface area is 159 Å². The average molecular weight is 386 g/mol. The van der Waals surface area contributed by atoms with Crippen LogP contribution in [0.3, 0.4) is 0 Å². The number of non-ortho nitro benzene ring substituents is 1. The van der Waals surface area contributed by atoms with Gasteiger partial charge in [0.15, 0.2) is 0 Å². The molecule has 0 aliphatic rings. The van der Waals surface area contributed by atoms with E-state index in [0.717, 1.165) is 0 Å². The summed E-state index contributed by atoms with van der Waals surface area (Å²) in [6.45, 7) is 1.69. The molecule has 0 fully saturated rings. The number of nitrogens with one attached hydrogen (secondary N) is 1. The molecule has 0 aliphatic heterocycles. The summed E-state index contributed by atoms with van der Waals surface area (Å²) in [4.78, 5) is 27.2. The summed E-state index contributed by atoms with van der Waals surface area (Å²) >= 11 is 5.94. The molecule has 1 amide bonds. The van der Waals surface area contributed by atoms with Crippen LogP contribution in [0.1, 0.15) is 30.5 Å². The van der Waals surface area contributed by atoms with Crippen LogP contribution in [0.25, 0.3) is 10.9 Å². The topological polar surface area (TPSA) is 105 Å². The Hall–Kier alpha value is -3.19. The van der Waals surface area contributed by atoms with Gasteiger partial charge in [-0.2, -0.15) is 0 Å². The number of halogens is 1. The van der Waals surface area contributed by atoms with Crippen LogP contribution in [0.2, 0.25) is 5.02 Å². The van der Waals surface area contributed by atoms with Crippen molar-refractivity contribution in [2.75, 3.05) is 0 Å². The van der Waals surface area contributed by atoms with E-state index in [9.17, 15) is 20.0 Å². The average Bonchev–Trinajstić information content (AvgIpc) is 2.67. The van der Waals surface area contributed by atoms with E-state index in [1.165, 1.54) is 18.3 Å². The predicted molar refractivity (Wildman–Crippen MR) is 102 cm³/mol. The standard InChI is InChI=1S/C19H16ClN3O4/c1-2-16(24)22-17(11-5-7-12(20)8-6-11)14-10-15(23(26)27)13-4-3-9-21-18(13)19(14)25/h3-10,17,25H,2H2,1H3,(H,22,24)/t17-/m1/s1. The summed E-state index contributed by atoms with van der Waals surface area (Å²) in [5.74, 6) is -0.481. The maximum Gasteiger partial charge on any atom is 0.279 e. The molecule has 1 aromatic heterocycles. The fourth-order valence-corrected chi connectivity index (χ4v) is 2.99. The van der Waals surface area contributed by atoms with Crippen molar-refractivity contribution in [3.05, 3.63) is 74.9 Å². The maximum atomic E-state index is 12.1. The molecule has 0 spiro atoms. The molecular formula is C19H16ClN3O4. The highest BCUT2D eigenvalue weighted by atomic mass is 35.5. The molecule has 0 radical (unpaired) electrons. The van der Waals surface area contributed by atoms with Crippen LogP contribution < -0.4 is 5.32 Å². The summed E-state index contributed by atoms with van der Waals surface area (Å²) in [6, 6.07) is 10.2. The molecule has 0 unspecified atom stereocenters. The van der Waals surface area contributed by atoms with E-state index < -0.39 is 11.0 Å². The zero-order valence-electron chi connectivity index (χ0n) is 14.3. The molecule has 0 saturated carbocycles. The fourth-order valence-electron chi connectivity index (χ4n) is 2.86. The zero-order chi connectivity index (χ0) is 19.6. The summed E-state index contributed by atoms with van der Waals surface area (Å²) in [5, 5.41) is 25.8. The number of phenolic OH excluding ortho intramolecular Hbond substituents is 1. The number of pyridine rings is 1. The van der Waals surface area contributed by atoms with Crippen molar-refractivity contribution >= 4 is 34.1 Å². The van der Waals surface area contributed by atoms with Crippen molar-refractivity contribution in [3.63, 3.8) is 0 Å². The molecule has 0 saturated heterocycles. The van der Waals surface area contributed by atoms with Crippen LogP contribution in [0.15, 0.2) is 48.7 Å². The Balaban J connectivity index is 2.26. The number of nitrogens with zero attached hydrogens (tertiary/aromatic N) is 2. The van der Waals surface area contributed by atoms with Crippen LogP contribution in [0.5, 0.6) is 5.75 Å². The van der Waals surface area contributed by atoms with Gasteiger partial charge < -0.3 is 10.4 Å². The number of phenols is 1. The first kappa shape index (κ1) is 18.6. The molecule has 1 atom stereocenters. The van der Waals surface area contributed by atoms with Crippen molar-refractivity contribution in [1.82, 2.24) is 10.3 Å². The van der Waals surface area contributed by atoms with E-state index in [2.05, 4.69) is 10.3 Å². The predicted octanol–water partition coefficient (Wildman–Crippen LogP) is 4.12. The van der Waals surface area contributed by atoms with Gasteiger partial charge in [0.25, 0.3) is 5.69 Å². The largest absolute Gasteiger partial charge is 0.505 e. The van der Waals surface area contributed by atoms with E-state index in [1.54, 1.807) is 37.3 Å². The third-order valence-corrected chi connectivity index (χ3v) is 4.46. The van der Waals surface area contributed by atoms with Gasteiger partial charge in [0, 0.05) is 29.3 Å². The number of rotatable bonds is 5. The lowest BCUT2D eigenvalue weighted by Gasteiger charge is -2.21. The van der Waals surface area contributed by atoms with E-state index in [1.807, 2.05) is 0 Å². The van der Waals surface area contributed by atoms with Gasteiger partial charge in [0.2, 0.25) is 5.91 Å². The minimum atomic E-state index is -0.792.